The minimum atomic E-state index is -0.456. The lowest BCUT2D eigenvalue weighted by atomic mass is 10.3. The number of nitro groups is 1. The van der Waals surface area contributed by atoms with Crippen molar-refractivity contribution in [3.8, 4) is 0 Å². The van der Waals surface area contributed by atoms with Gasteiger partial charge in [0.1, 0.15) is 0 Å². The molecule has 0 saturated carbocycles. The van der Waals surface area contributed by atoms with Crippen molar-refractivity contribution in [3.05, 3.63) is 35.3 Å². The average molecular weight is 362 g/mol. The molecule has 1 rings (SSSR count). The maximum atomic E-state index is 10.4. The molecule has 12 heavy (non-hydrogen) atoms. The number of halogens is 3. The van der Waals surface area contributed by atoms with Gasteiger partial charge in [0.15, 0.2) is 0 Å². The van der Waals surface area contributed by atoms with Crippen molar-refractivity contribution in [1.29, 1.82) is 0 Å². The van der Waals surface area contributed by atoms with Crippen LogP contribution < -0.4 is 0 Å². The Morgan fingerprint density at radius 3 is 2.67 bits per heavy atom. The van der Waals surface area contributed by atoms with Gasteiger partial charge >= 0.3 is 0 Å². The van der Waals surface area contributed by atoms with E-state index in [2.05, 4.69) is 15.9 Å². The summed E-state index contributed by atoms with van der Waals surface area (Å²) in [6, 6.07) is 2.94. The Morgan fingerprint density at radius 2 is 2.17 bits per heavy atom. The number of rotatable bonds is 1. The second-order valence-corrected chi connectivity index (χ2v) is 4.40. The zero-order valence-electron chi connectivity index (χ0n) is 5.55. The summed E-state index contributed by atoms with van der Waals surface area (Å²) in [5.74, 6) is 0. The summed E-state index contributed by atoms with van der Waals surface area (Å²) in [5.41, 5.74) is 0.0313. The summed E-state index contributed by atoms with van der Waals surface area (Å²) >= 11 is 10.7. The molecule has 3 nitrogen and oxygen atoms in total. The minimum Gasteiger partial charge on any atom is -0.258 e. The summed E-state index contributed by atoms with van der Waals surface area (Å²) < 4.78 is 1.07. The van der Waals surface area contributed by atoms with Crippen LogP contribution in [0.15, 0.2) is 16.6 Å². The molecular weight excluding hydrogens is 360 g/mol. The summed E-state index contributed by atoms with van der Waals surface area (Å²) in [7, 11) is 0. The minimum absolute atomic E-state index is 0.0313. The van der Waals surface area contributed by atoms with Crippen molar-refractivity contribution in [3.63, 3.8) is 0 Å². The number of nitrogens with zero attached hydrogens (tertiary/aromatic N) is 1. The molecule has 0 bridgehead atoms. The first kappa shape index (κ1) is 10.2. The smallest absolute Gasteiger partial charge is 0.258 e. The lowest BCUT2D eigenvalue weighted by molar-refractivity contribution is -0.385. The molecule has 0 N–H and O–H groups in total. The van der Waals surface area contributed by atoms with Crippen LogP contribution in [-0.2, 0) is 0 Å². The second kappa shape index (κ2) is 3.89. The molecule has 6 heteroatoms. The van der Waals surface area contributed by atoms with Crippen molar-refractivity contribution in [2.24, 2.45) is 0 Å². The Balaban J connectivity index is 3.33. The van der Waals surface area contributed by atoms with Gasteiger partial charge < -0.3 is 0 Å². The van der Waals surface area contributed by atoms with Gasteiger partial charge in [0.25, 0.3) is 5.69 Å². The van der Waals surface area contributed by atoms with Crippen LogP contribution in [0.3, 0.4) is 0 Å². The Labute approximate surface area is 95.5 Å². The van der Waals surface area contributed by atoms with Gasteiger partial charge in [-0.3, -0.25) is 10.1 Å². The van der Waals surface area contributed by atoms with Crippen molar-refractivity contribution < 1.29 is 4.92 Å². The van der Waals surface area contributed by atoms with Gasteiger partial charge in [-0.1, -0.05) is 11.6 Å². The van der Waals surface area contributed by atoms with E-state index in [1.807, 2.05) is 22.6 Å². The molecule has 0 fully saturated rings. The van der Waals surface area contributed by atoms with E-state index in [0.29, 0.717) is 13.1 Å². The molecule has 0 aliphatic rings. The highest BCUT2D eigenvalue weighted by Gasteiger charge is 2.13. The zero-order chi connectivity index (χ0) is 9.30. The van der Waals surface area contributed by atoms with Crippen LogP contribution in [0.5, 0.6) is 0 Å². The van der Waals surface area contributed by atoms with E-state index >= 15 is 0 Å². The molecule has 0 amide bonds. The van der Waals surface area contributed by atoms with Crippen LogP contribution >= 0.6 is 50.1 Å². The molecule has 0 spiro atoms. The third-order valence-electron chi connectivity index (χ3n) is 1.19. The predicted octanol–water partition coefficient (Wildman–Crippen LogP) is 3.62. The maximum Gasteiger partial charge on any atom is 0.284 e. The zero-order valence-corrected chi connectivity index (χ0v) is 10.1. The predicted molar refractivity (Wildman–Crippen MR) is 58.5 cm³/mol. The molecule has 0 radical (unpaired) electrons. The first-order valence-corrected chi connectivity index (χ1v) is 5.06. The topological polar surface area (TPSA) is 43.1 Å². The molecule has 0 aromatic heterocycles. The van der Waals surface area contributed by atoms with Gasteiger partial charge in [-0.25, -0.2) is 0 Å². The fraction of sp³-hybridized carbons (Fsp3) is 0. The molecule has 1 aromatic carbocycles. The largest absolute Gasteiger partial charge is 0.284 e. The molecule has 0 atom stereocenters. The molecule has 0 heterocycles. The van der Waals surface area contributed by atoms with Gasteiger partial charge in [0.2, 0.25) is 0 Å². The van der Waals surface area contributed by atoms with Crippen LogP contribution in [0.2, 0.25) is 5.02 Å². The first-order valence-electron chi connectivity index (χ1n) is 2.81. The van der Waals surface area contributed by atoms with E-state index in [9.17, 15) is 10.1 Å². The number of nitro benzene ring substituents is 1. The highest BCUT2D eigenvalue weighted by atomic mass is 127. The van der Waals surface area contributed by atoms with Crippen LogP contribution in [0, 0.1) is 13.7 Å². The van der Waals surface area contributed by atoms with E-state index in [-0.39, 0.29) is 5.69 Å². The monoisotopic (exact) mass is 361 g/mol. The van der Waals surface area contributed by atoms with E-state index in [1.165, 1.54) is 12.1 Å². The fourth-order valence-corrected chi connectivity index (χ4v) is 1.89. The normalized spacial score (nSPS) is 9.92. The number of hydrogen-bond donors (Lipinski definition) is 0. The molecule has 0 unspecified atom stereocenters. The van der Waals surface area contributed by atoms with Crippen LogP contribution in [0.25, 0.3) is 0 Å². The van der Waals surface area contributed by atoms with Crippen molar-refractivity contribution in [2.75, 3.05) is 0 Å². The number of benzene rings is 1. The molecule has 1 aromatic rings. The average Bonchev–Trinajstić information content (AvgIpc) is 1.96. The Kier molecular flexibility index (Phi) is 3.30. The lowest BCUT2D eigenvalue weighted by Gasteiger charge is -1.98. The van der Waals surface area contributed by atoms with E-state index in [4.69, 9.17) is 11.6 Å². The summed E-state index contributed by atoms with van der Waals surface area (Å²) in [4.78, 5) is 9.96. The number of hydrogen-bond acceptors (Lipinski definition) is 2. The summed E-state index contributed by atoms with van der Waals surface area (Å²) in [6.07, 6.45) is 0. The third kappa shape index (κ3) is 2.08. The van der Waals surface area contributed by atoms with E-state index < -0.39 is 4.92 Å². The van der Waals surface area contributed by atoms with Gasteiger partial charge in [-0.2, -0.15) is 0 Å². The van der Waals surface area contributed by atoms with E-state index in [1.54, 1.807) is 0 Å². The van der Waals surface area contributed by atoms with Gasteiger partial charge in [0.05, 0.1) is 14.4 Å². The Bertz CT molecular complexity index is 345. The van der Waals surface area contributed by atoms with Gasteiger partial charge in [0, 0.05) is 9.64 Å². The SMILES string of the molecule is O=[N+]([O-])c1cc(I)c(Cl)cc1Br. The standard InChI is InChI=1S/C6H2BrClINO2/c7-3-1-4(8)5(9)2-6(3)10(11)12/h1-2H. The van der Waals surface area contributed by atoms with Crippen LogP contribution in [0.1, 0.15) is 0 Å². The highest BCUT2D eigenvalue weighted by Crippen LogP contribution is 2.31. The highest BCUT2D eigenvalue weighted by molar-refractivity contribution is 14.1. The lowest BCUT2D eigenvalue weighted by Crippen LogP contribution is -1.90. The molecule has 0 aliphatic carbocycles. The van der Waals surface area contributed by atoms with Crippen molar-refractivity contribution in [2.45, 2.75) is 0 Å². The quantitative estimate of drug-likeness (QED) is 0.331. The van der Waals surface area contributed by atoms with Crippen LogP contribution in [-0.4, -0.2) is 4.92 Å². The fourth-order valence-electron chi connectivity index (χ4n) is 0.652. The second-order valence-electron chi connectivity index (χ2n) is 1.97. The van der Waals surface area contributed by atoms with Gasteiger partial charge in [-0.05, 0) is 44.6 Å². The Morgan fingerprint density at radius 1 is 1.58 bits per heavy atom. The summed E-state index contributed by atoms with van der Waals surface area (Å²) in [6.45, 7) is 0. The van der Waals surface area contributed by atoms with Crippen molar-refractivity contribution in [1.82, 2.24) is 0 Å². The molecular formula is C6H2BrClINO2. The van der Waals surface area contributed by atoms with Crippen LogP contribution in [0.4, 0.5) is 5.69 Å². The van der Waals surface area contributed by atoms with Crippen molar-refractivity contribution >= 4 is 55.8 Å². The Hall–Kier alpha value is 0.120. The molecule has 64 valence electrons. The maximum absolute atomic E-state index is 10.4. The first-order chi connectivity index (χ1) is 5.52. The van der Waals surface area contributed by atoms with Gasteiger partial charge in [-0.15, -0.1) is 0 Å². The van der Waals surface area contributed by atoms with E-state index in [0.717, 1.165) is 0 Å². The third-order valence-corrected chi connectivity index (χ3v) is 3.35. The molecule has 0 aliphatic heterocycles. The molecule has 0 saturated heterocycles. The summed E-state index contributed by atoms with van der Waals surface area (Å²) in [5, 5.41) is 10.9.